The molecule has 0 unspecified atom stereocenters. The predicted octanol–water partition coefficient (Wildman–Crippen LogP) is 4.86. The van der Waals surface area contributed by atoms with E-state index >= 15 is 0 Å². The zero-order valence-corrected chi connectivity index (χ0v) is 16.7. The van der Waals surface area contributed by atoms with Crippen molar-refractivity contribution in [2.45, 2.75) is 84.2 Å². The molecule has 0 aromatic rings. The third-order valence-corrected chi connectivity index (χ3v) is 9.66. The maximum atomic E-state index is 10.7. The minimum atomic E-state index is -0.868. The summed E-state index contributed by atoms with van der Waals surface area (Å²) in [4.78, 5) is 0. The summed E-state index contributed by atoms with van der Waals surface area (Å²) in [5.74, 6) is 6.03. The summed E-state index contributed by atoms with van der Waals surface area (Å²) in [6.07, 6.45) is 15.8. The molecule has 0 spiro atoms. The minimum absolute atomic E-state index is 0.300. The molecule has 0 aliphatic heterocycles. The van der Waals surface area contributed by atoms with Crippen LogP contribution in [0.3, 0.4) is 0 Å². The minimum Gasteiger partial charge on any atom is -0.411 e. The number of fused-ring (bicyclic) bond motifs is 5. The lowest BCUT2D eigenvalue weighted by molar-refractivity contribution is -0.135. The van der Waals surface area contributed by atoms with Crippen LogP contribution in [0.15, 0.2) is 5.16 Å². The lowest BCUT2D eigenvalue weighted by Crippen LogP contribution is -2.55. The SMILES string of the molecule is C#C[C@@]1(O)CC[C@@]2(C)[C@@H](CC[C@@H]3[C@@H]2CC[C@]2(C)[C@@H](C(C)=NO)CC[C@@H]32)C1. The van der Waals surface area contributed by atoms with Gasteiger partial charge >= 0.3 is 0 Å². The van der Waals surface area contributed by atoms with Gasteiger partial charge in [0.15, 0.2) is 0 Å². The Hall–Kier alpha value is -1.01. The van der Waals surface area contributed by atoms with Crippen molar-refractivity contribution in [3.8, 4) is 12.3 Å². The fourth-order valence-corrected chi connectivity index (χ4v) is 8.13. The lowest BCUT2D eigenvalue weighted by Gasteiger charge is -2.61. The molecule has 3 nitrogen and oxygen atoms in total. The summed E-state index contributed by atoms with van der Waals surface area (Å²) in [5.41, 5.74) is 0.707. The van der Waals surface area contributed by atoms with Crippen molar-refractivity contribution in [2.24, 2.45) is 45.6 Å². The highest BCUT2D eigenvalue weighted by Crippen LogP contribution is 2.68. The van der Waals surface area contributed by atoms with Crippen LogP contribution in [0.1, 0.15) is 78.6 Å². The molecule has 0 aromatic heterocycles. The molecule has 0 bridgehead atoms. The second kappa shape index (κ2) is 5.99. The van der Waals surface area contributed by atoms with Crippen LogP contribution >= 0.6 is 0 Å². The highest BCUT2D eigenvalue weighted by molar-refractivity contribution is 5.84. The van der Waals surface area contributed by atoms with E-state index in [1.54, 1.807) is 0 Å². The number of hydrogen-bond donors (Lipinski definition) is 2. The van der Waals surface area contributed by atoms with Gasteiger partial charge < -0.3 is 10.3 Å². The quantitative estimate of drug-likeness (QED) is 0.305. The third kappa shape index (κ3) is 2.40. The number of aliphatic hydroxyl groups is 1. The van der Waals surface area contributed by atoms with E-state index in [9.17, 15) is 10.3 Å². The molecule has 0 heterocycles. The average Bonchev–Trinajstić information content (AvgIpc) is 2.99. The molecule has 144 valence electrons. The van der Waals surface area contributed by atoms with E-state index in [2.05, 4.69) is 24.9 Å². The Morgan fingerprint density at radius 2 is 1.73 bits per heavy atom. The van der Waals surface area contributed by atoms with Gasteiger partial charge in [0.05, 0.1) is 5.71 Å². The number of nitrogens with zero attached hydrogens (tertiary/aromatic N) is 1. The lowest BCUT2D eigenvalue weighted by atomic mass is 9.44. The van der Waals surface area contributed by atoms with Crippen molar-refractivity contribution in [3.63, 3.8) is 0 Å². The smallest absolute Gasteiger partial charge is 0.125 e. The van der Waals surface area contributed by atoms with Gasteiger partial charge in [-0.1, -0.05) is 24.9 Å². The van der Waals surface area contributed by atoms with E-state index in [0.717, 1.165) is 42.7 Å². The van der Waals surface area contributed by atoms with Crippen LogP contribution in [0.2, 0.25) is 0 Å². The molecule has 4 fully saturated rings. The number of oxime groups is 1. The van der Waals surface area contributed by atoms with Gasteiger partial charge in [0.2, 0.25) is 0 Å². The third-order valence-electron chi connectivity index (χ3n) is 9.66. The first-order valence-electron chi connectivity index (χ1n) is 10.7. The molecule has 2 N–H and O–H groups in total. The highest BCUT2D eigenvalue weighted by Gasteiger charge is 2.61. The Balaban J connectivity index is 1.60. The van der Waals surface area contributed by atoms with E-state index in [4.69, 9.17) is 6.42 Å². The second-order valence-electron chi connectivity index (χ2n) is 10.5. The van der Waals surface area contributed by atoms with Crippen LogP contribution in [0.25, 0.3) is 0 Å². The van der Waals surface area contributed by atoms with Crippen molar-refractivity contribution >= 4 is 5.71 Å². The summed E-state index contributed by atoms with van der Waals surface area (Å²) in [6, 6.07) is 0. The second-order valence-corrected chi connectivity index (χ2v) is 10.5. The zero-order chi connectivity index (χ0) is 18.7. The van der Waals surface area contributed by atoms with E-state index in [-0.39, 0.29) is 0 Å². The van der Waals surface area contributed by atoms with Gasteiger partial charge in [-0.3, -0.25) is 0 Å². The Morgan fingerprint density at radius 1 is 1.00 bits per heavy atom. The van der Waals surface area contributed by atoms with Crippen LogP contribution in [0.5, 0.6) is 0 Å². The van der Waals surface area contributed by atoms with E-state index in [1.165, 1.54) is 38.5 Å². The normalized spacial score (nSPS) is 54.0. The number of terminal acetylenes is 1. The van der Waals surface area contributed by atoms with Crippen molar-refractivity contribution in [1.29, 1.82) is 0 Å². The van der Waals surface area contributed by atoms with E-state index in [1.807, 2.05) is 6.92 Å². The van der Waals surface area contributed by atoms with Gasteiger partial charge in [-0.15, -0.1) is 6.42 Å². The Labute approximate surface area is 158 Å². The molecule has 3 heteroatoms. The highest BCUT2D eigenvalue weighted by atomic mass is 16.4. The first-order valence-corrected chi connectivity index (χ1v) is 10.7. The van der Waals surface area contributed by atoms with Crippen molar-refractivity contribution in [3.05, 3.63) is 0 Å². The first kappa shape index (κ1) is 18.4. The fourth-order valence-electron chi connectivity index (χ4n) is 8.13. The Bertz CT molecular complexity index is 651. The van der Waals surface area contributed by atoms with Gasteiger partial charge in [-0.2, -0.15) is 0 Å². The topological polar surface area (TPSA) is 52.8 Å². The van der Waals surface area contributed by atoms with Gasteiger partial charge in [0.1, 0.15) is 5.60 Å². The molecular formula is C23H35NO2. The molecule has 0 amide bonds. The zero-order valence-electron chi connectivity index (χ0n) is 16.7. The molecule has 4 aliphatic carbocycles. The molecule has 0 saturated heterocycles. The monoisotopic (exact) mass is 357 g/mol. The van der Waals surface area contributed by atoms with Gasteiger partial charge in [0, 0.05) is 5.92 Å². The van der Waals surface area contributed by atoms with Crippen LogP contribution < -0.4 is 0 Å². The van der Waals surface area contributed by atoms with Crippen LogP contribution in [0, 0.1) is 52.8 Å². The largest absolute Gasteiger partial charge is 0.411 e. The maximum Gasteiger partial charge on any atom is 0.125 e. The summed E-state index contributed by atoms with van der Waals surface area (Å²) in [7, 11) is 0. The van der Waals surface area contributed by atoms with Crippen LogP contribution in [-0.4, -0.2) is 21.6 Å². The Morgan fingerprint density at radius 3 is 2.42 bits per heavy atom. The van der Waals surface area contributed by atoms with Gasteiger partial charge in [-0.05, 0) is 99.2 Å². The molecule has 0 aromatic carbocycles. The first-order chi connectivity index (χ1) is 12.3. The molecular weight excluding hydrogens is 322 g/mol. The maximum absolute atomic E-state index is 10.7. The van der Waals surface area contributed by atoms with Crippen LogP contribution in [0.4, 0.5) is 0 Å². The molecule has 0 radical (unpaired) electrons. The average molecular weight is 358 g/mol. The van der Waals surface area contributed by atoms with Crippen LogP contribution in [-0.2, 0) is 0 Å². The van der Waals surface area contributed by atoms with Gasteiger partial charge in [-0.25, -0.2) is 0 Å². The van der Waals surface area contributed by atoms with Gasteiger partial charge in [0.25, 0.3) is 0 Å². The summed E-state index contributed by atoms with van der Waals surface area (Å²) >= 11 is 0. The molecule has 4 saturated carbocycles. The van der Waals surface area contributed by atoms with E-state index in [0.29, 0.717) is 22.7 Å². The summed E-state index contributed by atoms with van der Waals surface area (Å²) in [6.45, 7) is 6.97. The molecule has 26 heavy (non-hydrogen) atoms. The molecule has 8 atom stereocenters. The number of hydrogen-bond acceptors (Lipinski definition) is 3. The molecule has 4 aliphatic rings. The summed E-state index contributed by atoms with van der Waals surface area (Å²) in [5, 5.41) is 23.6. The predicted molar refractivity (Wildman–Crippen MR) is 104 cm³/mol. The van der Waals surface area contributed by atoms with E-state index < -0.39 is 5.60 Å². The van der Waals surface area contributed by atoms with Crippen molar-refractivity contribution in [2.75, 3.05) is 0 Å². The molecule has 4 rings (SSSR count). The van der Waals surface area contributed by atoms with Crippen molar-refractivity contribution in [1.82, 2.24) is 0 Å². The Kier molecular flexibility index (Phi) is 4.23. The standard InChI is InChI=1S/C23H35NO2/c1-5-23(25)13-12-21(3)16(14-23)6-7-17-19-9-8-18(15(2)24-26)22(19,4)11-10-20(17)21/h1,16-20,25-26H,6-14H2,2-4H3/t16-,17-,18+,19-,20-,21-,22+,23+/m0/s1. The van der Waals surface area contributed by atoms with Crippen molar-refractivity contribution < 1.29 is 10.3 Å². The number of rotatable bonds is 1. The summed E-state index contributed by atoms with van der Waals surface area (Å²) < 4.78 is 0. The fraction of sp³-hybridized carbons (Fsp3) is 0.870.